The molecule has 154 valence electrons. The van der Waals surface area contributed by atoms with Gasteiger partial charge in [-0.15, -0.1) is 0 Å². The van der Waals surface area contributed by atoms with Crippen LogP contribution in [0.4, 0.5) is 0 Å². The van der Waals surface area contributed by atoms with E-state index in [1.54, 1.807) is 33.3 Å². The molecule has 3 aromatic carbocycles. The quantitative estimate of drug-likeness (QED) is 0.449. The van der Waals surface area contributed by atoms with Gasteiger partial charge in [-0.25, -0.2) is 5.43 Å². The summed E-state index contributed by atoms with van der Waals surface area (Å²) in [6.45, 7) is 1.65. The van der Waals surface area contributed by atoms with Gasteiger partial charge in [-0.05, 0) is 42.3 Å². The summed E-state index contributed by atoms with van der Waals surface area (Å²) >= 11 is 0. The Morgan fingerprint density at radius 3 is 2.20 bits per heavy atom. The molecule has 1 amide bonds. The van der Waals surface area contributed by atoms with Crippen molar-refractivity contribution in [3.8, 4) is 28.4 Å². The lowest BCUT2D eigenvalue weighted by Gasteiger charge is -2.10. The van der Waals surface area contributed by atoms with Gasteiger partial charge in [-0.2, -0.15) is 5.10 Å². The highest BCUT2D eigenvalue weighted by Gasteiger charge is 2.09. The molecule has 1 N–H and O–H groups in total. The van der Waals surface area contributed by atoms with Crippen molar-refractivity contribution >= 4 is 11.6 Å². The lowest BCUT2D eigenvalue weighted by Crippen LogP contribution is -2.25. The molecule has 0 aliphatic heterocycles. The third-order valence-corrected chi connectivity index (χ3v) is 4.48. The van der Waals surface area contributed by atoms with Crippen LogP contribution in [0.2, 0.25) is 0 Å². The van der Waals surface area contributed by atoms with Crippen molar-refractivity contribution in [2.45, 2.75) is 6.92 Å². The highest BCUT2D eigenvalue weighted by Crippen LogP contribution is 2.25. The van der Waals surface area contributed by atoms with Gasteiger partial charge >= 0.3 is 0 Å². The highest BCUT2D eigenvalue weighted by atomic mass is 16.5. The lowest BCUT2D eigenvalue weighted by atomic mass is 10.1. The second-order valence-corrected chi connectivity index (χ2v) is 6.48. The largest absolute Gasteiger partial charge is 0.497 e. The van der Waals surface area contributed by atoms with E-state index in [4.69, 9.17) is 14.2 Å². The first-order chi connectivity index (χ1) is 14.6. The fourth-order valence-corrected chi connectivity index (χ4v) is 2.86. The second kappa shape index (κ2) is 10.1. The number of hydrogen-bond donors (Lipinski definition) is 1. The Bertz CT molecular complexity index is 1020. The zero-order chi connectivity index (χ0) is 21.3. The van der Waals surface area contributed by atoms with Gasteiger partial charge in [-0.1, -0.05) is 42.5 Å². The molecule has 0 saturated carbocycles. The molecule has 0 heterocycles. The van der Waals surface area contributed by atoms with E-state index in [1.165, 1.54) is 0 Å². The Balaban J connectivity index is 1.56. The number of nitrogens with one attached hydrogen (secondary N) is 1. The Morgan fingerprint density at radius 2 is 1.53 bits per heavy atom. The molecular weight excluding hydrogens is 380 g/mol. The molecule has 0 bridgehead atoms. The standard InChI is InChI=1S/C24H24N2O4/c1-17(22-14-13-21(28-2)15-23(22)29-3)25-26-24(27)16-30-20-11-9-19(10-12-20)18-7-5-4-6-8-18/h4-15H,16H2,1-3H3,(H,26,27)/b25-17+. The Kier molecular flexibility index (Phi) is 7.05. The van der Waals surface area contributed by atoms with Crippen LogP contribution in [0.15, 0.2) is 77.9 Å². The third kappa shape index (κ3) is 5.38. The van der Waals surface area contributed by atoms with E-state index in [0.717, 1.165) is 16.7 Å². The van der Waals surface area contributed by atoms with Crippen molar-refractivity contribution in [2.75, 3.05) is 20.8 Å². The molecule has 0 fully saturated rings. The monoisotopic (exact) mass is 404 g/mol. The van der Waals surface area contributed by atoms with Gasteiger partial charge in [-0.3, -0.25) is 4.79 Å². The van der Waals surface area contributed by atoms with Crippen molar-refractivity contribution in [2.24, 2.45) is 5.10 Å². The van der Waals surface area contributed by atoms with Gasteiger partial charge in [0, 0.05) is 11.6 Å². The van der Waals surface area contributed by atoms with Crippen LogP contribution in [0.5, 0.6) is 17.2 Å². The van der Waals surface area contributed by atoms with Crippen LogP contribution in [0.3, 0.4) is 0 Å². The molecule has 0 aromatic heterocycles. The van der Waals surface area contributed by atoms with E-state index in [-0.39, 0.29) is 12.5 Å². The summed E-state index contributed by atoms with van der Waals surface area (Å²) in [5, 5.41) is 4.14. The maximum atomic E-state index is 12.1. The number of amides is 1. The van der Waals surface area contributed by atoms with Gasteiger partial charge in [0.2, 0.25) is 0 Å². The van der Waals surface area contributed by atoms with Gasteiger partial charge in [0.15, 0.2) is 6.61 Å². The van der Waals surface area contributed by atoms with Crippen molar-refractivity contribution in [1.29, 1.82) is 0 Å². The number of ether oxygens (including phenoxy) is 3. The summed E-state index contributed by atoms with van der Waals surface area (Å²) in [4.78, 5) is 12.1. The summed E-state index contributed by atoms with van der Waals surface area (Å²) in [6.07, 6.45) is 0. The zero-order valence-corrected chi connectivity index (χ0v) is 17.2. The molecule has 6 nitrogen and oxygen atoms in total. The topological polar surface area (TPSA) is 69.2 Å². The van der Waals surface area contributed by atoms with Gasteiger partial charge < -0.3 is 14.2 Å². The van der Waals surface area contributed by atoms with Crippen LogP contribution in [-0.2, 0) is 4.79 Å². The smallest absolute Gasteiger partial charge is 0.277 e. The van der Waals surface area contributed by atoms with Crippen molar-refractivity contribution in [3.05, 3.63) is 78.4 Å². The van der Waals surface area contributed by atoms with Crippen molar-refractivity contribution in [3.63, 3.8) is 0 Å². The molecule has 0 atom stereocenters. The molecule has 30 heavy (non-hydrogen) atoms. The summed E-state index contributed by atoms with van der Waals surface area (Å²) in [5.74, 6) is 1.55. The predicted molar refractivity (Wildman–Crippen MR) is 117 cm³/mol. The van der Waals surface area contributed by atoms with E-state index in [0.29, 0.717) is 23.0 Å². The van der Waals surface area contributed by atoms with Crippen LogP contribution in [0.25, 0.3) is 11.1 Å². The molecule has 3 rings (SSSR count). The summed E-state index contributed by atoms with van der Waals surface area (Å²) < 4.78 is 16.1. The normalized spacial score (nSPS) is 11.0. The molecule has 0 spiro atoms. The number of rotatable bonds is 8. The van der Waals surface area contributed by atoms with Gasteiger partial charge in [0.1, 0.15) is 17.2 Å². The number of hydrazone groups is 1. The van der Waals surface area contributed by atoms with E-state index in [1.807, 2.05) is 60.7 Å². The van der Waals surface area contributed by atoms with E-state index >= 15 is 0 Å². The van der Waals surface area contributed by atoms with Crippen molar-refractivity contribution in [1.82, 2.24) is 5.43 Å². The maximum absolute atomic E-state index is 12.1. The Morgan fingerprint density at radius 1 is 0.867 bits per heavy atom. The summed E-state index contributed by atoms with van der Waals surface area (Å²) in [5.41, 5.74) is 6.08. The predicted octanol–water partition coefficient (Wildman–Crippen LogP) is 4.29. The van der Waals surface area contributed by atoms with Crippen LogP contribution in [0.1, 0.15) is 12.5 Å². The van der Waals surface area contributed by atoms with Crippen LogP contribution in [-0.4, -0.2) is 32.4 Å². The number of benzene rings is 3. The van der Waals surface area contributed by atoms with Gasteiger partial charge in [0.05, 0.1) is 19.9 Å². The lowest BCUT2D eigenvalue weighted by molar-refractivity contribution is -0.123. The first kappa shape index (κ1) is 20.9. The third-order valence-electron chi connectivity index (χ3n) is 4.48. The average molecular weight is 404 g/mol. The van der Waals surface area contributed by atoms with Crippen LogP contribution >= 0.6 is 0 Å². The van der Waals surface area contributed by atoms with E-state index < -0.39 is 0 Å². The van der Waals surface area contributed by atoms with Gasteiger partial charge in [0.25, 0.3) is 5.91 Å². The number of carbonyl (C=O) groups is 1. The SMILES string of the molecule is COc1ccc(/C(C)=N/NC(=O)COc2ccc(-c3ccccc3)cc2)c(OC)c1. The zero-order valence-electron chi connectivity index (χ0n) is 17.2. The van der Waals surface area contributed by atoms with Crippen LogP contribution in [0, 0.1) is 0 Å². The average Bonchev–Trinajstić information content (AvgIpc) is 2.81. The molecule has 0 radical (unpaired) electrons. The minimum absolute atomic E-state index is 0.138. The summed E-state index contributed by atoms with van der Waals surface area (Å²) in [6, 6.07) is 23.0. The Hall–Kier alpha value is -3.80. The first-order valence-corrected chi connectivity index (χ1v) is 9.44. The first-order valence-electron chi connectivity index (χ1n) is 9.44. The Labute approximate surface area is 176 Å². The minimum atomic E-state index is -0.353. The summed E-state index contributed by atoms with van der Waals surface area (Å²) in [7, 11) is 3.16. The fraction of sp³-hybridized carbons (Fsp3) is 0.167. The fourth-order valence-electron chi connectivity index (χ4n) is 2.86. The second-order valence-electron chi connectivity index (χ2n) is 6.48. The highest BCUT2D eigenvalue weighted by molar-refractivity contribution is 6.01. The van der Waals surface area contributed by atoms with Crippen LogP contribution < -0.4 is 19.6 Å². The number of carbonyl (C=O) groups excluding carboxylic acids is 1. The molecule has 0 aliphatic carbocycles. The molecular formula is C24H24N2O4. The number of nitrogens with zero attached hydrogens (tertiary/aromatic N) is 1. The number of methoxy groups -OCH3 is 2. The molecule has 6 heteroatoms. The molecule has 3 aromatic rings. The number of hydrogen-bond acceptors (Lipinski definition) is 5. The van der Waals surface area contributed by atoms with Crippen molar-refractivity contribution < 1.29 is 19.0 Å². The van der Waals surface area contributed by atoms with E-state index in [2.05, 4.69) is 10.5 Å². The molecule has 0 saturated heterocycles. The van der Waals surface area contributed by atoms with E-state index in [9.17, 15) is 4.79 Å². The minimum Gasteiger partial charge on any atom is -0.497 e. The molecule has 0 aliphatic rings. The maximum Gasteiger partial charge on any atom is 0.277 e. The molecule has 0 unspecified atom stereocenters.